The van der Waals surface area contributed by atoms with Crippen LogP contribution in [0.2, 0.25) is 0 Å². The molecule has 0 aliphatic carbocycles. The minimum Gasteiger partial charge on any atom is -0.454 e. The molecule has 0 atom stereocenters. The number of aromatic nitrogens is 4. The van der Waals surface area contributed by atoms with Crippen LogP contribution in [0, 0.1) is 6.92 Å². The lowest BCUT2D eigenvalue weighted by Gasteiger charge is -2.23. The zero-order valence-corrected chi connectivity index (χ0v) is 25.1. The molecule has 10 nitrogen and oxygen atoms in total. The first kappa shape index (κ1) is 28.7. The van der Waals surface area contributed by atoms with Gasteiger partial charge in [-0.3, -0.25) is 4.79 Å². The van der Waals surface area contributed by atoms with E-state index in [1.165, 1.54) is 0 Å². The number of rotatable bonds is 11. The number of benzene rings is 3. The molecule has 2 aromatic heterocycles. The Morgan fingerprint density at radius 1 is 0.977 bits per heavy atom. The van der Waals surface area contributed by atoms with Crippen LogP contribution in [-0.2, 0) is 13.1 Å². The molecule has 1 N–H and O–H groups in total. The molecule has 1 aliphatic rings. The number of anilines is 2. The number of hydrogen-bond donors (Lipinski definition) is 1. The Labute approximate surface area is 256 Å². The summed E-state index contributed by atoms with van der Waals surface area (Å²) in [6.07, 6.45) is 5.96. The summed E-state index contributed by atoms with van der Waals surface area (Å²) in [4.78, 5) is 31.1. The monoisotopic (exact) mass is 589 g/mol. The van der Waals surface area contributed by atoms with Crippen LogP contribution in [0.5, 0.6) is 11.5 Å². The molecule has 6 rings (SSSR count). The maximum Gasteiger partial charge on any atom is 0.253 e. The molecule has 0 saturated heterocycles. The lowest BCUT2D eigenvalue weighted by Crippen LogP contribution is -2.35. The summed E-state index contributed by atoms with van der Waals surface area (Å²) in [5.41, 5.74) is 5.34. The number of aryl methyl sites for hydroxylation is 1. The minimum atomic E-state index is -0.0240. The summed E-state index contributed by atoms with van der Waals surface area (Å²) in [7, 11) is 3.75. The highest BCUT2D eigenvalue weighted by molar-refractivity contribution is 5.94. The highest BCUT2D eigenvalue weighted by Gasteiger charge is 2.18. The van der Waals surface area contributed by atoms with Gasteiger partial charge in [-0.2, -0.15) is 9.97 Å². The van der Waals surface area contributed by atoms with Gasteiger partial charge in [0.05, 0.1) is 6.33 Å². The van der Waals surface area contributed by atoms with Crippen molar-refractivity contribution in [3.63, 3.8) is 0 Å². The van der Waals surface area contributed by atoms with E-state index in [0.29, 0.717) is 49.0 Å². The quantitative estimate of drug-likeness (QED) is 0.219. The molecule has 0 unspecified atom stereocenters. The second kappa shape index (κ2) is 12.9. The predicted octanol–water partition coefficient (Wildman–Crippen LogP) is 5.40. The number of carbonyl (C=O) groups is 1. The first-order valence-electron chi connectivity index (χ1n) is 14.5. The van der Waals surface area contributed by atoms with Crippen LogP contribution in [-0.4, -0.2) is 64.3 Å². The molecular formula is C34H35N7O3. The molecule has 10 heteroatoms. The number of nitrogens with one attached hydrogen (secondary N) is 1. The van der Waals surface area contributed by atoms with Crippen LogP contribution in [0.1, 0.15) is 27.0 Å². The second-order valence-electron chi connectivity index (χ2n) is 10.8. The number of allylic oxidation sites excluding steroid dienone is 1. The van der Waals surface area contributed by atoms with Gasteiger partial charge in [0.2, 0.25) is 12.7 Å². The zero-order chi connectivity index (χ0) is 30.5. The van der Waals surface area contributed by atoms with Gasteiger partial charge in [0, 0.05) is 45.8 Å². The molecule has 5 aromatic rings. The van der Waals surface area contributed by atoms with Crippen molar-refractivity contribution in [1.82, 2.24) is 24.4 Å². The van der Waals surface area contributed by atoms with Crippen LogP contribution >= 0.6 is 0 Å². The molecule has 1 amide bonds. The molecule has 3 aromatic carbocycles. The predicted molar refractivity (Wildman–Crippen MR) is 172 cm³/mol. The Balaban J connectivity index is 1.22. The molecule has 3 heterocycles. The Bertz CT molecular complexity index is 1780. The van der Waals surface area contributed by atoms with Gasteiger partial charge < -0.3 is 29.2 Å². The maximum absolute atomic E-state index is 13.0. The molecule has 0 fully saturated rings. The van der Waals surface area contributed by atoms with E-state index in [1.807, 2.05) is 91.1 Å². The van der Waals surface area contributed by atoms with Crippen LogP contribution in [0.4, 0.5) is 11.8 Å². The van der Waals surface area contributed by atoms with E-state index < -0.39 is 0 Å². The third kappa shape index (κ3) is 6.49. The summed E-state index contributed by atoms with van der Waals surface area (Å²) in [5.74, 6) is 2.62. The van der Waals surface area contributed by atoms with Gasteiger partial charge in [-0.25, -0.2) is 4.98 Å². The molecule has 0 spiro atoms. The Morgan fingerprint density at radius 3 is 2.59 bits per heavy atom. The number of likely N-dealkylation sites (N-methyl/N-ethyl adjacent to an activating group) is 2. The van der Waals surface area contributed by atoms with Crippen molar-refractivity contribution in [2.45, 2.75) is 20.0 Å². The van der Waals surface area contributed by atoms with Gasteiger partial charge in [-0.05, 0) is 42.3 Å². The van der Waals surface area contributed by atoms with E-state index in [4.69, 9.17) is 19.4 Å². The highest BCUT2D eigenvalue weighted by atomic mass is 16.7. The topological polar surface area (TPSA) is 97.6 Å². The van der Waals surface area contributed by atoms with Gasteiger partial charge in [0.25, 0.3) is 5.91 Å². The number of hydrogen-bond acceptors (Lipinski definition) is 8. The van der Waals surface area contributed by atoms with E-state index in [-0.39, 0.29) is 12.7 Å². The Hall–Kier alpha value is -5.38. The third-order valence-electron chi connectivity index (χ3n) is 7.52. The molecule has 0 radical (unpaired) electrons. The van der Waals surface area contributed by atoms with E-state index >= 15 is 0 Å². The first-order valence-corrected chi connectivity index (χ1v) is 14.5. The van der Waals surface area contributed by atoms with E-state index in [1.54, 1.807) is 11.2 Å². The van der Waals surface area contributed by atoms with Gasteiger partial charge in [-0.15, -0.1) is 0 Å². The third-order valence-corrected chi connectivity index (χ3v) is 7.52. The average Bonchev–Trinajstić information content (AvgIpc) is 3.69. The number of amides is 1. The zero-order valence-electron chi connectivity index (χ0n) is 25.1. The van der Waals surface area contributed by atoms with Crippen LogP contribution in [0.15, 0.2) is 85.2 Å². The van der Waals surface area contributed by atoms with Gasteiger partial charge in [-0.1, -0.05) is 66.2 Å². The van der Waals surface area contributed by atoms with Crippen LogP contribution < -0.4 is 19.7 Å². The summed E-state index contributed by atoms with van der Waals surface area (Å²) in [5, 5.41) is 3.46. The number of ether oxygens (including phenoxy) is 2. The molecule has 224 valence electrons. The second-order valence-corrected chi connectivity index (χ2v) is 10.8. The molecular weight excluding hydrogens is 554 g/mol. The van der Waals surface area contributed by atoms with Crippen LogP contribution in [0.25, 0.3) is 17.2 Å². The van der Waals surface area contributed by atoms with Crippen molar-refractivity contribution in [3.8, 4) is 11.5 Å². The fraction of sp³-hybridized carbons (Fsp3) is 0.235. The summed E-state index contributed by atoms with van der Waals surface area (Å²) in [6.45, 7) is 4.40. The van der Waals surface area contributed by atoms with Gasteiger partial charge >= 0.3 is 0 Å². The Morgan fingerprint density at radius 2 is 1.77 bits per heavy atom. The number of fused-ring (bicyclic) bond motifs is 2. The molecule has 1 aliphatic heterocycles. The van der Waals surface area contributed by atoms with Gasteiger partial charge in [0.15, 0.2) is 28.5 Å². The number of carbonyl (C=O) groups excluding carboxylic acids is 1. The highest BCUT2D eigenvalue weighted by Crippen LogP contribution is 2.33. The smallest absolute Gasteiger partial charge is 0.253 e. The summed E-state index contributed by atoms with van der Waals surface area (Å²) in [6, 6.07) is 23.7. The van der Waals surface area contributed by atoms with Crippen molar-refractivity contribution in [2.24, 2.45) is 0 Å². The van der Waals surface area contributed by atoms with Gasteiger partial charge in [0.1, 0.15) is 0 Å². The molecule has 44 heavy (non-hydrogen) atoms. The fourth-order valence-corrected chi connectivity index (χ4v) is 4.88. The van der Waals surface area contributed by atoms with E-state index in [0.717, 1.165) is 33.8 Å². The largest absolute Gasteiger partial charge is 0.454 e. The minimum absolute atomic E-state index is 0.0240. The van der Waals surface area contributed by atoms with Crippen molar-refractivity contribution in [3.05, 3.63) is 107 Å². The Kier molecular flexibility index (Phi) is 8.40. The van der Waals surface area contributed by atoms with E-state index in [2.05, 4.69) is 34.6 Å². The summed E-state index contributed by atoms with van der Waals surface area (Å²) >= 11 is 0. The van der Waals surface area contributed by atoms with Crippen molar-refractivity contribution < 1.29 is 14.3 Å². The maximum atomic E-state index is 13.0. The molecule has 0 bridgehead atoms. The number of nitrogens with zero attached hydrogens (tertiary/aromatic N) is 6. The SMILES string of the molecule is Cc1ccc(C(=O)N(C)CCN(C)c2nc(NCc3ccc4c(c3)OCO4)c3ncn(CC=Cc4ccccc4)c3n2)cc1. The lowest BCUT2D eigenvalue weighted by atomic mass is 10.1. The average molecular weight is 590 g/mol. The van der Waals surface area contributed by atoms with Crippen molar-refractivity contribution in [1.29, 1.82) is 0 Å². The normalized spacial score (nSPS) is 12.2. The van der Waals surface area contributed by atoms with Crippen molar-refractivity contribution in [2.75, 3.05) is 44.2 Å². The fourth-order valence-electron chi connectivity index (χ4n) is 4.88. The summed E-state index contributed by atoms with van der Waals surface area (Å²) < 4.78 is 13.0. The molecule has 0 saturated carbocycles. The number of imidazole rings is 1. The first-order chi connectivity index (χ1) is 21.4. The van der Waals surface area contributed by atoms with Crippen molar-refractivity contribution >= 4 is 34.9 Å². The van der Waals surface area contributed by atoms with Crippen LogP contribution in [0.3, 0.4) is 0 Å². The van der Waals surface area contributed by atoms with E-state index in [9.17, 15) is 4.79 Å². The standard InChI is InChI=1S/C34H35N7O3/c1-24-11-14-27(15-12-24)33(42)39(2)18-19-40(3)34-37-31(35-21-26-13-16-28-29(20-26)44-23-43-28)30-32(38-34)41(22-36-30)17-7-10-25-8-5-4-6-9-25/h4-16,20,22H,17-19,21,23H2,1-3H3,(H,35,37,38). The lowest BCUT2D eigenvalue weighted by molar-refractivity contribution is 0.0798.